The van der Waals surface area contributed by atoms with Gasteiger partial charge in [0.15, 0.2) is 0 Å². The number of benzene rings is 1. The van der Waals surface area contributed by atoms with E-state index in [1.165, 1.54) is 5.56 Å². The van der Waals surface area contributed by atoms with Crippen LogP contribution in [0.3, 0.4) is 0 Å². The molecule has 1 unspecified atom stereocenters. The van der Waals surface area contributed by atoms with Crippen LogP contribution in [-0.4, -0.2) is 41.5 Å². The molecule has 2 aliphatic rings. The number of amides is 3. The summed E-state index contributed by atoms with van der Waals surface area (Å²) in [5, 5.41) is 6.07. The highest BCUT2D eigenvalue weighted by Gasteiger charge is 2.54. The van der Waals surface area contributed by atoms with E-state index in [1.807, 2.05) is 35.2 Å². The first-order chi connectivity index (χ1) is 14.2. The third-order valence-electron chi connectivity index (χ3n) is 6.32. The number of hydrogen-bond donors (Lipinski definition) is 2. The Labute approximate surface area is 171 Å². The summed E-state index contributed by atoms with van der Waals surface area (Å²) < 4.78 is 0. The Morgan fingerprint density at radius 2 is 1.86 bits per heavy atom. The van der Waals surface area contributed by atoms with Crippen molar-refractivity contribution in [2.24, 2.45) is 11.3 Å². The lowest BCUT2D eigenvalue weighted by Crippen LogP contribution is -2.45. The maximum Gasteiger partial charge on any atom is 0.317 e. The Hall–Kier alpha value is -2.89. The lowest BCUT2D eigenvalue weighted by Gasteiger charge is -2.41. The summed E-state index contributed by atoms with van der Waals surface area (Å²) in [7, 11) is 0. The van der Waals surface area contributed by atoms with Crippen LogP contribution < -0.4 is 10.6 Å². The highest BCUT2D eigenvalue weighted by atomic mass is 16.2. The molecule has 1 aliphatic heterocycles. The highest BCUT2D eigenvalue weighted by Crippen LogP contribution is 2.51. The molecule has 1 aromatic carbocycles. The average molecular weight is 393 g/mol. The van der Waals surface area contributed by atoms with E-state index in [0.29, 0.717) is 26.2 Å². The maximum absolute atomic E-state index is 12.9. The number of nitrogens with one attached hydrogen (secondary N) is 2. The number of hydrogen-bond acceptors (Lipinski definition) is 3. The Bertz CT molecular complexity index is 836. The first-order valence-electron chi connectivity index (χ1n) is 10.4. The van der Waals surface area contributed by atoms with Gasteiger partial charge in [0.05, 0.1) is 5.92 Å². The zero-order chi connectivity index (χ0) is 20.1. The molecule has 1 spiro atoms. The molecule has 2 N–H and O–H groups in total. The summed E-state index contributed by atoms with van der Waals surface area (Å²) in [4.78, 5) is 31.5. The van der Waals surface area contributed by atoms with Crippen molar-refractivity contribution in [1.29, 1.82) is 0 Å². The molecule has 0 radical (unpaired) electrons. The molecule has 6 nitrogen and oxygen atoms in total. The molecule has 1 saturated carbocycles. The number of nitrogens with zero attached hydrogens (tertiary/aromatic N) is 2. The van der Waals surface area contributed by atoms with Crippen LogP contribution in [0.5, 0.6) is 0 Å². The van der Waals surface area contributed by atoms with Crippen molar-refractivity contribution >= 4 is 11.9 Å². The van der Waals surface area contributed by atoms with Gasteiger partial charge in [-0.2, -0.15) is 0 Å². The van der Waals surface area contributed by atoms with E-state index in [1.54, 1.807) is 12.4 Å². The second-order valence-corrected chi connectivity index (χ2v) is 8.20. The molecule has 1 aromatic heterocycles. The van der Waals surface area contributed by atoms with E-state index in [4.69, 9.17) is 0 Å². The van der Waals surface area contributed by atoms with Crippen LogP contribution in [0.25, 0.3) is 0 Å². The van der Waals surface area contributed by atoms with Crippen molar-refractivity contribution in [2.45, 2.75) is 32.2 Å². The number of aromatic nitrogens is 1. The van der Waals surface area contributed by atoms with Gasteiger partial charge in [-0.15, -0.1) is 0 Å². The average Bonchev–Trinajstić information content (AvgIpc) is 3.15. The lowest BCUT2D eigenvalue weighted by molar-refractivity contribution is -0.129. The molecule has 2 aromatic rings. The topological polar surface area (TPSA) is 74.3 Å². The molecule has 2 heterocycles. The smallest absolute Gasteiger partial charge is 0.317 e. The third-order valence-corrected chi connectivity index (χ3v) is 6.32. The van der Waals surface area contributed by atoms with Gasteiger partial charge in [-0.05, 0) is 36.5 Å². The van der Waals surface area contributed by atoms with Gasteiger partial charge in [0.1, 0.15) is 0 Å². The molecule has 1 aliphatic carbocycles. The number of likely N-dealkylation sites (tertiary alicyclic amines) is 1. The van der Waals surface area contributed by atoms with Crippen molar-refractivity contribution in [3.05, 3.63) is 66.0 Å². The predicted octanol–water partition coefficient (Wildman–Crippen LogP) is 2.75. The Balaban J connectivity index is 1.31. The Morgan fingerprint density at radius 3 is 2.55 bits per heavy atom. The van der Waals surface area contributed by atoms with Gasteiger partial charge in [-0.25, -0.2) is 4.79 Å². The van der Waals surface area contributed by atoms with Gasteiger partial charge < -0.3 is 15.5 Å². The van der Waals surface area contributed by atoms with Crippen LogP contribution in [0.15, 0.2) is 54.9 Å². The van der Waals surface area contributed by atoms with Crippen molar-refractivity contribution in [3.63, 3.8) is 0 Å². The number of carbonyl (C=O) groups excluding carboxylic acids is 2. The molecule has 2 fully saturated rings. The molecule has 0 bridgehead atoms. The van der Waals surface area contributed by atoms with Crippen LogP contribution >= 0.6 is 0 Å². The molecule has 3 amide bonds. The number of carbonyl (C=O) groups is 2. The quantitative estimate of drug-likeness (QED) is 0.794. The summed E-state index contributed by atoms with van der Waals surface area (Å²) >= 11 is 0. The fourth-order valence-corrected chi connectivity index (χ4v) is 4.51. The summed E-state index contributed by atoms with van der Waals surface area (Å²) in [6.45, 7) is 2.25. The number of rotatable bonds is 6. The third kappa shape index (κ3) is 4.42. The minimum Gasteiger partial charge on any atom is -0.352 e. The summed E-state index contributed by atoms with van der Waals surface area (Å²) in [6, 6.07) is 13.9. The fourth-order valence-electron chi connectivity index (χ4n) is 4.51. The summed E-state index contributed by atoms with van der Waals surface area (Å²) in [6.07, 6.45) is 7.47. The monoisotopic (exact) mass is 392 g/mol. The Kier molecular flexibility index (Phi) is 5.79. The van der Waals surface area contributed by atoms with E-state index in [0.717, 1.165) is 31.2 Å². The number of pyridine rings is 1. The maximum atomic E-state index is 12.9. The summed E-state index contributed by atoms with van der Waals surface area (Å²) in [5.74, 6) is -0.0825. The molecule has 1 saturated heterocycles. The van der Waals surface area contributed by atoms with Crippen LogP contribution in [-0.2, 0) is 17.8 Å². The van der Waals surface area contributed by atoms with Crippen LogP contribution in [0.4, 0.5) is 4.79 Å². The molecule has 4 rings (SSSR count). The minimum absolute atomic E-state index is 0.0458. The van der Waals surface area contributed by atoms with Crippen molar-refractivity contribution in [1.82, 2.24) is 20.5 Å². The van der Waals surface area contributed by atoms with E-state index < -0.39 is 0 Å². The highest BCUT2D eigenvalue weighted by molar-refractivity contribution is 5.82. The zero-order valence-corrected chi connectivity index (χ0v) is 16.6. The summed E-state index contributed by atoms with van der Waals surface area (Å²) in [5.41, 5.74) is 2.14. The van der Waals surface area contributed by atoms with Crippen LogP contribution in [0.1, 0.15) is 30.4 Å². The first-order valence-corrected chi connectivity index (χ1v) is 10.4. The van der Waals surface area contributed by atoms with Crippen molar-refractivity contribution in [2.75, 3.05) is 19.6 Å². The van der Waals surface area contributed by atoms with E-state index in [9.17, 15) is 9.59 Å². The number of urea groups is 1. The first kappa shape index (κ1) is 19.4. The molecular formula is C23H28N4O2. The van der Waals surface area contributed by atoms with Gasteiger partial charge in [0, 0.05) is 44.0 Å². The molecule has 152 valence electrons. The van der Waals surface area contributed by atoms with E-state index in [-0.39, 0.29) is 23.3 Å². The van der Waals surface area contributed by atoms with Crippen molar-refractivity contribution < 1.29 is 9.59 Å². The van der Waals surface area contributed by atoms with Crippen molar-refractivity contribution in [3.8, 4) is 0 Å². The molecular weight excluding hydrogens is 364 g/mol. The fraction of sp³-hybridized carbons (Fsp3) is 0.435. The molecule has 29 heavy (non-hydrogen) atoms. The standard InChI is InChI=1S/C23H28N4O2/c28-21(26-15-19-8-4-12-24-14-19)20-16-27(17-23(20)10-5-11-23)22(29)25-13-9-18-6-2-1-3-7-18/h1-4,6-8,12,14,20H,5,9-11,13,15-17H2,(H,25,29)(H,26,28). The molecule has 1 atom stereocenters. The van der Waals surface area contributed by atoms with Gasteiger partial charge >= 0.3 is 6.03 Å². The second-order valence-electron chi connectivity index (χ2n) is 8.20. The lowest BCUT2D eigenvalue weighted by atomic mass is 9.62. The minimum atomic E-state index is -0.132. The zero-order valence-electron chi connectivity index (χ0n) is 16.6. The molecule has 6 heteroatoms. The van der Waals surface area contributed by atoms with Crippen LogP contribution in [0.2, 0.25) is 0 Å². The second kappa shape index (κ2) is 8.64. The van der Waals surface area contributed by atoms with Gasteiger partial charge in [-0.3, -0.25) is 9.78 Å². The van der Waals surface area contributed by atoms with E-state index in [2.05, 4.69) is 27.8 Å². The van der Waals surface area contributed by atoms with Crippen LogP contribution in [0, 0.1) is 11.3 Å². The normalized spacial score (nSPS) is 19.6. The Morgan fingerprint density at radius 1 is 1.07 bits per heavy atom. The van der Waals surface area contributed by atoms with Gasteiger partial charge in [-0.1, -0.05) is 42.8 Å². The van der Waals surface area contributed by atoms with Gasteiger partial charge in [0.2, 0.25) is 5.91 Å². The predicted molar refractivity (Wildman–Crippen MR) is 111 cm³/mol. The van der Waals surface area contributed by atoms with Gasteiger partial charge in [0.25, 0.3) is 0 Å². The van der Waals surface area contributed by atoms with E-state index >= 15 is 0 Å². The SMILES string of the molecule is O=C(NCc1cccnc1)C1CN(C(=O)NCCc2ccccc2)CC12CCC2. The largest absolute Gasteiger partial charge is 0.352 e.